The van der Waals surface area contributed by atoms with Crippen LogP contribution in [0.4, 0.5) is 5.82 Å². The lowest BCUT2D eigenvalue weighted by Crippen LogP contribution is -2.30. The highest BCUT2D eigenvalue weighted by Gasteiger charge is 2.19. The van der Waals surface area contributed by atoms with Crippen LogP contribution in [0.1, 0.15) is 28.3 Å². The molecule has 2 N–H and O–H groups in total. The summed E-state index contributed by atoms with van der Waals surface area (Å²) in [5.41, 5.74) is 2.54. The second-order valence-corrected chi connectivity index (χ2v) is 8.76. The van der Waals surface area contributed by atoms with E-state index in [1.54, 1.807) is 6.20 Å². The van der Waals surface area contributed by atoms with E-state index >= 15 is 0 Å². The molecule has 0 radical (unpaired) electrons. The number of nitrogens with one attached hydrogen (secondary N) is 2. The quantitative estimate of drug-likeness (QED) is 0.576. The van der Waals surface area contributed by atoms with Gasteiger partial charge in [0.2, 0.25) is 10.0 Å². The van der Waals surface area contributed by atoms with Crippen LogP contribution >= 0.6 is 0 Å². The molecular weight excluding hydrogens is 388 g/mol. The maximum atomic E-state index is 12.7. The van der Waals surface area contributed by atoms with E-state index in [1.165, 1.54) is 0 Å². The fraction of sp³-hybridized carbons (Fsp3) is 0.350. The van der Waals surface area contributed by atoms with E-state index in [9.17, 15) is 8.42 Å². The van der Waals surface area contributed by atoms with Gasteiger partial charge in [0, 0.05) is 31.5 Å². The van der Waals surface area contributed by atoms with Crippen LogP contribution in [0.15, 0.2) is 35.5 Å². The van der Waals surface area contributed by atoms with Gasteiger partial charge in [0.15, 0.2) is 0 Å². The smallest absolute Gasteiger partial charge is 0.241 e. The van der Waals surface area contributed by atoms with Crippen LogP contribution in [-0.2, 0) is 10.0 Å². The Hall–Kier alpha value is -2.78. The molecule has 3 aromatic rings. The molecule has 0 saturated heterocycles. The molecule has 0 aliphatic carbocycles. The summed E-state index contributed by atoms with van der Waals surface area (Å²) >= 11 is 0. The minimum Gasteiger partial charge on any atom is -0.369 e. The van der Waals surface area contributed by atoms with Crippen molar-refractivity contribution in [2.45, 2.75) is 39.5 Å². The number of imidazole rings is 1. The Morgan fingerprint density at radius 1 is 0.966 bits per heavy atom. The van der Waals surface area contributed by atoms with Crippen molar-refractivity contribution >= 4 is 15.8 Å². The summed E-state index contributed by atoms with van der Waals surface area (Å²) in [6.07, 6.45) is 3.55. The highest BCUT2D eigenvalue weighted by molar-refractivity contribution is 7.89. The fourth-order valence-electron chi connectivity index (χ4n) is 3.42. The molecule has 0 aliphatic heterocycles. The molecule has 8 nitrogen and oxygen atoms in total. The largest absolute Gasteiger partial charge is 0.369 e. The molecule has 0 spiro atoms. The summed E-state index contributed by atoms with van der Waals surface area (Å²) in [5.74, 6) is 2.78. The highest BCUT2D eigenvalue weighted by atomic mass is 32.2. The summed E-state index contributed by atoms with van der Waals surface area (Å²) < 4.78 is 30.0. The van der Waals surface area contributed by atoms with Gasteiger partial charge in [-0.3, -0.25) is 4.57 Å². The molecule has 0 atom stereocenters. The molecule has 0 fully saturated rings. The average molecular weight is 415 g/mol. The molecule has 0 aliphatic rings. The molecule has 2 aromatic heterocycles. The standard InChI is InChI=1S/C20H26N6O2S/c1-13-10-14(2)20(15(3)11-13)29(27,28)23-7-6-22-18-12-19(25-16(4)24-18)26-9-8-21-17(26)5/h8-12,23H,6-7H2,1-5H3,(H,22,24,25). The summed E-state index contributed by atoms with van der Waals surface area (Å²) in [6.45, 7) is 9.92. The van der Waals surface area contributed by atoms with Crippen LogP contribution in [0.2, 0.25) is 0 Å². The molecule has 0 amide bonds. The minimum absolute atomic E-state index is 0.234. The summed E-state index contributed by atoms with van der Waals surface area (Å²) in [4.78, 5) is 13.4. The van der Waals surface area contributed by atoms with Gasteiger partial charge >= 0.3 is 0 Å². The van der Waals surface area contributed by atoms with E-state index in [2.05, 4.69) is 25.0 Å². The van der Waals surface area contributed by atoms with E-state index in [1.807, 2.05) is 63.6 Å². The third-order valence-electron chi connectivity index (χ3n) is 4.49. The van der Waals surface area contributed by atoms with Crippen LogP contribution in [-0.4, -0.2) is 41.0 Å². The second-order valence-electron chi connectivity index (χ2n) is 7.06. The summed E-state index contributed by atoms with van der Waals surface area (Å²) in [6, 6.07) is 5.57. The van der Waals surface area contributed by atoms with E-state index in [4.69, 9.17) is 0 Å². The number of anilines is 1. The zero-order valence-electron chi connectivity index (χ0n) is 17.3. The zero-order valence-corrected chi connectivity index (χ0v) is 18.1. The van der Waals surface area contributed by atoms with Crippen LogP contribution < -0.4 is 10.0 Å². The summed E-state index contributed by atoms with van der Waals surface area (Å²) in [7, 11) is -3.59. The average Bonchev–Trinajstić information content (AvgIpc) is 3.03. The van der Waals surface area contributed by atoms with Gasteiger partial charge in [0.05, 0.1) is 4.90 Å². The molecule has 154 valence electrons. The van der Waals surface area contributed by atoms with Gasteiger partial charge in [0.25, 0.3) is 0 Å². The lowest BCUT2D eigenvalue weighted by Gasteiger charge is -2.14. The first-order valence-corrected chi connectivity index (χ1v) is 10.8. The Bertz CT molecular complexity index is 1110. The highest BCUT2D eigenvalue weighted by Crippen LogP contribution is 2.21. The minimum atomic E-state index is -3.59. The maximum Gasteiger partial charge on any atom is 0.241 e. The third-order valence-corrected chi connectivity index (χ3v) is 6.26. The third kappa shape index (κ3) is 4.80. The van der Waals surface area contributed by atoms with Crippen molar-refractivity contribution in [2.24, 2.45) is 0 Å². The SMILES string of the molecule is Cc1cc(C)c(S(=O)(=O)NCCNc2cc(-n3ccnc3C)nc(C)n2)c(C)c1. The first-order chi connectivity index (χ1) is 13.7. The monoisotopic (exact) mass is 414 g/mol. The Kier molecular flexibility index (Phi) is 5.99. The fourth-order valence-corrected chi connectivity index (χ4v) is 4.91. The van der Waals surface area contributed by atoms with E-state index < -0.39 is 10.0 Å². The molecule has 9 heteroatoms. The van der Waals surface area contributed by atoms with E-state index in [0.717, 1.165) is 22.5 Å². The summed E-state index contributed by atoms with van der Waals surface area (Å²) in [5, 5.41) is 3.16. The molecule has 29 heavy (non-hydrogen) atoms. The number of rotatable bonds is 7. The zero-order chi connectivity index (χ0) is 21.2. The lowest BCUT2D eigenvalue weighted by molar-refractivity contribution is 0.581. The van der Waals surface area contributed by atoms with Gasteiger partial charge in [-0.2, -0.15) is 0 Å². The van der Waals surface area contributed by atoms with Crippen molar-refractivity contribution in [3.05, 3.63) is 58.9 Å². The number of aryl methyl sites for hydroxylation is 5. The topological polar surface area (TPSA) is 102 Å². The molecule has 0 bridgehead atoms. The number of aromatic nitrogens is 4. The van der Waals surface area contributed by atoms with Crippen LogP contribution in [0, 0.1) is 34.6 Å². The second kappa shape index (κ2) is 8.30. The van der Waals surface area contributed by atoms with Gasteiger partial charge in [-0.05, 0) is 45.7 Å². The van der Waals surface area contributed by atoms with Crippen molar-refractivity contribution < 1.29 is 8.42 Å². The van der Waals surface area contributed by atoms with Crippen molar-refractivity contribution in [3.8, 4) is 5.82 Å². The van der Waals surface area contributed by atoms with Crippen molar-refractivity contribution in [1.29, 1.82) is 0 Å². The van der Waals surface area contributed by atoms with Gasteiger partial charge in [-0.15, -0.1) is 0 Å². The molecule has 0 unspecified atom stereocenters. The first kappa shape index (κ1) is 20.9. The van der Waals surface area contributed by atoms with Crippen LogP contribution in [0.5, 0.6) is 0 Å². The lowest BCUT2D eigenvalue weighted by atomic mass is 10.1. The Morgan fingerprint density at radius 2 is 1.66 bits per heavy atom. The molecule has 0 saturated carbocycles. The normalized spacial score (nSPS) is 11.6. The van der Waals surface area contributed by atoms with Crippen molar-refractivity contribution in [1.82, 2.24) is 24.2 Å². The predicted octanol–water partition coefficient (Wildman–Crippen LogP) is 2.59. The number of hydrogen-bond donors (Lipinski definition) is 2. The van der Waals surface area contributed by atoms with Gasteiger partial charge in [-0.25, -0.2) is 28.1 Å². The predicted molar refractivity (Wildman–Crippen MR) is 113 cm³/mol. The number of nitrogens with zero attached hydrogens (tertiary/aromatic N) is 4. The van der Waals surface area contributed by atoms with Gasteiger partial charge in [0.1, 0.15) is 23.3 Å². The molecular formula is C20H26N6O2S. The Balaban J connectivity index is 1.67. The Labute approximate surface area is 171 Å². The number of sulfonamides is 1. The Morgan fingerprint density at radius 3 is 2.28 bits per heavy atom. The molecule has 2 heterocycles. The maximum absolute atomic E-state index is 12.7. The van der Waals surface area contributed by atoms with Gasteiger partial charge < -0.3 is 5.32 Å². The van der Waals surface area contributed by atoms with Crippen LogP contribution in [0.3, 0.4) is 0 Å². The molecule has 1 aromatic carbocycles. The van der Waals surface area contributed by atoms with Gasteiger partial charge in [-0.1, -0.05) is 17.7 Å². The van der Waals surface area contributed by atoms with E-state index in [0.29, 0.717) is 28.9 Å². The van der Waals surface area contributed by atoms with Crippen molar-refractivity contribution in [3.63, 3.8) is 0 Å². The number of benzene rings is 1. The van der Waals surface area contributed by atoms with Crippen LogP contribution in [0.25, 0.3) is 5.82 Å². The van der Waals surface area contributed by atoms with E-state index in [-0.39, 0.29) is 6.54 Å². The number of hydrogen-bond acceptors (Lipinski definition) is 6. The molecule has 3 rings (SSSR count). The van der Waals surface area contributed by atoms with Crippen molar-refractivity contribution in [2.75, 3.05) is 18.4 Å². The first-order valence-electron chi connectivity index (χ1n) is 9.35.